The summed E-state index contributed by atoms with van der Waals surface area (Å²) in [5, 5.41) is 3.29. The summed E-state index contributed by atoms with van der Waals surface area (Å²) >= 11 is 1.76. The van der Waals surface area contributed by atoms with Gasteiger partial charge in [-0.1, -0.05) is 0 Å². The van der Waals surface area contributed by atoms with E-state index in [9.17, 15) is 8.78 Å². The van der Waals surface area contributed by atoms with E-state index in [1.165, 1.54) is 9.75 Å². The third-order valence-electron chi connectivity index (χ3n) is 3.61. The Hall–Kier alpha value is -0.480. The van der Waals surface area contributed by atoms with E-state index in [2.05, 4.69) is 24.4 Å². The first-order chi connectivity index (χ1) is 8.02. The summed E-state index contributed by atoms with van der Waals surface area (Å²) in [6.45, 7) is 2.08. The third kappa shape index (κ3) is 3.05. The van der Waals surface area contributed by atoms with E-state index in [0.29, 0.717) is 18.8 Å². The fraction of sp³-hybridized carbons (Fsp3) is 0.692. The average molecular weight is 259 g/mol. The molecule has 1 heterocycles. The molecule has 1 aromatic heterocycles. The number of rotatable bonds is 3. The van der Waals surface area contributed by atoms with Crippen LogP contribution in [0.5, 0.6) is 0 Å². The van der Waals surface area contributed by atoms with Crippen LogP contribution >= 0.6 is 11.3 Å². The van der Waals surface area contributed by atoms with Crippen molar-refractivity contribution in [2.45, 2.75) is 44.6 Å². The fourth-order valence-corrected chi connectivity index (χ4v) is 3.71. The van der Waals surface area contributed by atoms with Crippen LogP contribution in [0, 0.1) is 12.8 Å². The predicted octanol–water partition coefficient (Wildman–Crippen LogP) is 4.14. The molecule has 4 heteroatoms. The highest BCUT2D eigenvalue weighted by atomic mass is 32.1. The Labute approximate surface area is 105 Å². The molecule has 1 fully saturated rings. The highest BCUT2D eigenvalue weighted by Crippen LogP contribution is 2.42. The van der Waals surface area contributed by atoms with Crippen molar-refractivity contribution in [1.82, 2.24) is 5.32 Å². The van der Waals surface area contributed by atoms with Crippen molar-refractivity contribution in [2.24, 2.45) is 5.92 Å². The maximum absolute atomic E-state index is 13.1. The van der Waals surface area contributed by atoms with Gasteiger partial charge in [0.1, 0.15) is 0 Å². The lowest BCUT2D eigenvalue weighted by Crippen LogP contribution is -2.32. The maximum atomic E-state index is 13.1. The Bertz CT molecular complexity index is 365. The van der Waals surface area contributed by atoms with Crippen LogP contribution in [0.3, 0.4) is 0 Å². The normalized spacial score (nSPS) is 22.6. The standard InChI is InChI=1S/C13H19F2NS/c1-9-3-4-11(17-9)12(16-2)10-5-7-13(14,15)8-6-10/h3-4,10,12,16H,5-8H2,1-2H3. The molecule has 0 bridgehead atoms. The Kier molecular flexibility index (Phi) is 3.83. The van der Waals surface area contributed by atoms with Gasteiger partial charge in [-0.05, 0) is 44.9 Å². The minimum Gasteiger partial charge on any atom is -0.312 e. The van der Waals surface area contributed by atoms with E-state index in [1.54, 1.807) is 11.3 Å². The monoisotopic (exact) mass is 259 g/mol. The molecule has 1 nitrogen and oxygen atoms in total. The Morgan fingerprint density at radius 2 is 2.00 bits per heavy atom. The Balaban J connectivity index is 2.05. The third-order valence-corrected chi connectivity index (χ3v) is 4.70. The van der Waals surface area contributed by atoms with Gasteiger partial charge in [-0.3, -0.25) is 0 Å². The molecule has 0 amide bonds. The van der Waals surface area contributed by atoms with Crippen LogP contribution in [-0.4, -0.2) is 13.0 Å². The SMILES string of the molecule is CNC(c1ccc(C)s1)C1CCC(F)(F)CC1. The molecule has 0 saturated heterocycles. The Morgan fingerprint density at radius 3 is 2.47 bits per heavy atom. The number of aryl methyl sites for hydroxylation is 1. The van der Waals surface area contributed by atoms with Crippen molar-refractivity contribution >= 4 is 11.3 Å². The summed E-state index contributed by atoms with van der Waals surface area (Å²) in [5.41, 5.74) is 0. The highest BCUT2D eigenvalue weighted by molar-refractivity contribution is 7.12. The molecule has 0 radical (unpaired) electrons. The Morgan fingerprint density at radius 1 is 1.35 bits per heavy atom. The summed E-state index contributed by atoms with van der Waals surface area (Å²) in [6, 6.07) is 4.46. The van der Waals surface area contributed by atoms with Gasteiger partial charge >= 0.3 is 0 Å². The van der Waals surface area contributed by atoms with Gasteiger partial charge in [0.25, 0.3) is 0 Å². The number of alkyl halides is 2. The molecule has 96 valence electrons. The molecule has 1 atom stereocenters. The molecule has 2 rings (SSSR count). The molecule has 1 N–H and O–H groups in total. The zero-order chi connectivity index (χ0) is 12.5. The molecule has 17 heavy (non-hydrogen) atoms. The highest BCUT2D eigenvalue weighted by Gasteiger charge is 2.37. The van der Waals surface area contributed by atoms with Gasteiger partial charge in [-0.25, -0.2) is 8.78 Å². The first-order valence-electron chi connectivity index (χ1n) is 6.13. The van der Waals surface area contributed by atoms with Gasteiger partial charge in [0, 0.05) is 28.6 Å². The molecular weight excluding hydrogens is 240 g/mol. The molecule has 0 aromatic carbocycles. The van der Waals surface area contributed by atoms with Crippen LogP contribution in [0.15, 0.2) is 12.1 Å². The van der Waals surface area contributed by atoms with Gasteiger partial charge in [0.15, 0.2) is 0 Å². The first-order valence-corrected chi connectivity index (χ1v) is 6.95. The van der Waals surface area contributed by atoms with Crippen molar-refractivity contribution in [2.75, 3.05) is 7.05 Å². The minimum absolute atomic E-state index is 0.0419. The van der Waals surface area contributed by atoms with Crippen LogP contribution in [0.2, 0.25) is 0 Å². The van der Waals surface area contributed by atoms with Crippen LogP contribution in [0.4, 0.5) is 8.78 Å². The second kappa shape index (κ2) is 5.02. The van der Waals surface area contributed by atoms with Gasteiger partial charge in [-0.2, -0.15) is 0 Å². The van der Waals surface area contributed by atoms with E-state index in [4.69, 9.17) is 0 Å². The summed E-state index contributed by atoms with van der Waals surface area (Å²) in [4.78, 5) is 2.56. The van der Waals surface area contributed by atoms with Crippen LogP contribution in [0.25, 0.3) is 0 Å². The fourth-order valence-electron chi connectivity index (χ4n) is 2.63. The zero-order valence-electron chi connectivity index (χ0n) is 10.3. The van der Waals surface area contributed by atoms with Gasteiger partial charge in [0.2, 0.25) is 5.92 Å². The molecule has 1 aliphatic rings. The maximum Gasteiger partial charge on any atom is 0.248 e. The molecule has 1 aliphatic carbocycles. The minimum atomic E-state index is -2.43. The smallest absolute Gasteiger partial charge is 0.248 e. The van der Waals surface area contributed by atoms with Gasteiger partial charge < -0.3 is 5.32 Å². The number of halogens is 2. The van der Waals surface area contributed by atoms with Gasteiger partial charge in [-0.15, -0.1) is 11.3 Å². The second-order valence-corrected chi connectivity index (χ2v) is 6.23. The van der Waals surface area contributed by atoms with Crippen molar-refractivity contribution < 1.29 is 8.78 Å². The van der Waals surface area contributed by atoms with Crippen LogP contribution < -0.4 is 5.32 Å². The van der Waals surface area contributed by atoms with E-state index in [-0.39, 0.29) is 18.9 Å². The molecule has 0 aliphatic heterocycles. The van der Waals surface area contributed by atoms with Crippen LogP contribution in [0.1, 0.15) is 41.5 Å². The largest absolute Gasteiger partial charge is 0.312 e. The number of hydrogen-bond acceptors (Lipinski definition) is 2. The number of hydrogen-bond donors (Lipinski definition) is 1. The van der Waals surface area contributed by atoms with E-state index < -0.39 is 5.92 Å². The lowest BCUT2D eigenvalue weighted by atomic mass is 9.81. The number of thiophene rings is 1. The van der Waals surface area contributed by atoms with Crippen molar-refractivity contribution in [1.29, 1.82) is 0 Å². The predicted molar refractivity (Wildman–Crippen MR) is 67.8 cm³/mol. The van der Waals surface area contributed by atoms with Crippen molar-refractivity contribution in [3.05, 3.63) is 21.9 Å². The van der Waals surface area contributed by atoms with E-state index in [1.807, 2.05) is 7.05 Å². The average Bonchev–Trinajstić information content (AvgIpc) is 2.68. The lowest BCUT2D eigenvalue weighted by Gasteiger charge is -2.33. The van der Waals surface area contributed by atoms with Crippen LogP contribution in [-0.2, 0) is 0 Å². The second-order valence-electron chi connectivity index (χ2n) is 4.91. The quantitative estimate of drug-likeness (QED) is 0.860. The molecule has 1 aromatic rings. The van der Waals surface area contributed by atoms with Gasteiger partial charge in [0.05, 0.1) is 0 Å². The van der Waals surface area contributed by atoms with Crippen molar-refractivity contribution in [3.63, 3.8) is 0 Å². The summed E-state index contributed by atoms with van der Waals surface area (Å²) in [5.74, 6) is -2.09. The first kappa shape index (κ1) is 13.0. The molecule has 1 unspecified atom stereocenters. The number of nitrogens with one attached hydrogen (secondary N) is 1. The summed E-state index contributed by atoms with van der Waals surface area (Å²) < 4.78 is 26.3. The lowest BCUT2D eigenvalue weighted by molar-refractivity contribution is -0.0493. The molecule has 1 saturated carbocycles. The topological polar surface area (TPSA) is 12.0 Å². The molecular formula is C13H19F2NS. The van der Waals surface area contributed by atoms with Crippen molar-refractivity contribution in [3.8, 4) is 0 Å². The van der Waals surface area contributed by atoms with E-state index in [0.717, 1.165) is 0 Å². The zero-order valence-corrected chi connectivity index (χ0v) is 11.1. The molecule has 0 spiro atoms. The van der Waals surface area contributed by atoms with E-state index >= 15 is 0 Å². The summed E-state index contributed by atoms with van der Waals surface area (Å²) in [6.07, 6.45) is 1.32. The summed E-state index contributed by atoms with van der Waals surface area (Å²) in [7, 11) is 1.92.